The second-order valence-electron chi connectivity index (χ2n) is 5.41. The van der Waals surface area contributed by atoms with E-state index < -0.39 is 0 Å². The molecule has 18 heavy (non-hydrogen) atoms. The molecule has 2 saturated carbocycles. The van der Waals surface area contributed by atoms with Gasteiger partial charge >= 0.3 is 5.97 Å². The summed E-state index contributed by atoms with van der Waals surface area (Å²) in [7, 11) is 1.41. The van der Waals surface area contributed by atoms with Crippen LogP contribution in [0, 0.1) is 11.8 Å². The zero-order valence-electron chi connectivity index (χ0n) is 10.7. The molecule has 0 amide bonds. The Labute approximate surface area is 108 Å². The van der Waals surface area contributed by atoms with Crippen LogP contribution in [0.5, 0.6) is 0 Å². The number of anilines is 1. The molecule has 0 radical (unpaired) electrons. The van der Waals surface area contributed by atoms with Gasteiger partial charge in [-0.15, -0.1) is 0 Å². The molecule has 0 unspecified atom stereocenters. The number of nitrogens with one attached hydrogen (secondary N) is 1. The molecule has 0 aliphatic heterocycles. The number of carbonyl (C=O) groups is 1. The Balaban J connectivity index is 1.66. The smallest absolute Gasteiger partial charge is 0.337 e. The van der Waals surface area contributed by atoms with Gasteiger partial charge in [-0.25, -0.2) is 4.79 Å². The van der Waals surface area contributed by atoms with Gasteiger partial charge in [-0.3, -0.25) is 0 Å². The van der Waals surface area contributed by atoms with Gasteiger partial charge in [0.15, 0.2) is 0 Å². The van der Waals surface area contributed by atoms with Crippen LogP contribution >= 0.6 is 0 Å². The van der Waals surface area contributed by atoms with Crippen LogP contribution in [0.25, 0.3) is 0 Å². The predicted molar refractivity (Wildman–Crippen MR) is 70.6 cm³/mol. The minimum absolute atomic E-state index is 0.275. The van der Waals surface area contributed by atoms with E-state index in [4.69, 9.17) is 4.74 Å². The first kappa shape index (κ1) is 11.6. The van der Waals surface area contributed by atoms with E-state index >= 15 is 0 Å². The lowest BCUT2D eigenvalue weighted by Crippen LogP contribution is -2.24. The highest BCUT2D eigenvalue weighted by Crippen LogP contribution is 2.45. The van der Waals surface area contributed by atoms with Crippen LogP contribution in [-0.4, -0.2) is 19.1 Å². The van der Waals surface area contributed by atoms with Crippen LogP contribution in [-0.2, 0) is 4.74 Å². The molecule has 0 atom stereocenters. The molecular weight excluding hydrogens is 226 g/mol. The monoisotopic (exact) mass is 245 g/mol. The first-order chi connectivity index (χ1) is 8.78. The van der Waals surface area contributed by atoms with Gasteiger partial charge in [0.05, 0.1) is 12.7 Å². The fourth-order valence-electron chi connectivity index (χ4n) is 2.54. The number of esters is 1. The van der Waals surface area contributed by atoms with Crippen LogP contribution in [0.1, 0.15) is 36.0 Å². The maximum absolute atomic E-state index is 11.3. The Bertz CT molecular complexity index is 420. The van der Waals surface area contributed by atoms with Gasteiger partial charge in [-0.2, -0.15) is 0 Å². The van der Waals surface area contributed by atoms with Gasteiger partial charge in [-0.1, -0.05) is 0 Å². The molecule has 0 heterocycles. The summed E-state index contributed by atoms with van der Waals surface area (Å²) in [5.41, 5.74) is 1.73. The molecular formula is C15H19NO2. The van der Waals surface area contributed by atoms with Crippen molar-refractivity contribution in [2.75, 3.05) is 12.4 Å². The van der Waals surface area contributed by atoms with E-state index in [1.807, 2.05) is 24.3 Å². The zero-order valence-corrected chi connectivity index (χ0v) is 10.7. The molecule has 1 aromatic carbocycles. The number of hydrogen-bond donors (Lipinski definition) is 1. The van der Waals surface area contributed by atoms with Crippen LogP contribution < -0.4 is 5.32 Å². The molecule has 0 spiro atoms. The van der Waals surface area contributed by atoms with Crippen LogP contribution in [0.3, 0.4) is 0 Å². The van der Waals surface area contributed by atoms with E-state index in [0.29, 0.717) is 11.6 Å². The first-order valence-electron chi connectivity index (χ1n) is 6.73. The fraction of sp³-hybridized carbons (Fsp3) is 0.533. The number of hydrogen-bond acceptors (Lipinski definition) is 3. The van der Waals surface area contributed by atoms with Crippen molar-refractivity contribution in [2.24, 2.45) is 11.8 Å². The maximum atomic E-state index is 11.3. The zero-order chi connectivity index (χ0) is 12.5. The number of benzene rings is 1. The van der Waals surface area contributed by atoms with Crippen molar-refractivity contribution in [3.8, 4) is 0 Å². The van der Waals surface area contributed by atoms with Crippen LogP contribution in [0.4, 0.5) is 5.69 Å². The standard InChI is InChI=1S/C15H19NO2/c1-18-15(17)12-6-8-13(9-7-12)16-14(10-2-3-10)11-4-5-11/h6-11,14,16H,2-5H2,1H3. The summed E-state index contributed by atoms with van der Waals surface area (Å²) in [6.07, 6.45) is 5.48. The normalized spacial score (nSPS) is 18.8. The molecule has 1 N–H and O–H groups in total. The summed E-state index contributed by atoms with van der Waals surface area (Å²) in [5, 5.41) is 3.63. The van der Waals surface area contributed by atoms with Crippen LogP contribution in [0.15, 0.2) is 24.3 Å². The number of carbonyl (C=O) groups excluding carboxylic acids is 1. The van der Waals surface area contributed by atoms with Crippen molar-refractivity contribution < 1.29 is 9.53 Å². The van der Waals surface area contributed by atoms with Gasteiger partial charge in [0.2, 0.25) is 0 Å². The topological polar surface area (TPSA) is 38.3 Å². The Morgan fingerprint density at radius 3 is 2.17 bits per heavy atom. The summed E-state index contributed by atoms with van der Waals surface area (Å²) >= 11 is 0. The molecule has 0 saturated heterocycles. The van der Waals surface area contributed by atoms with Crippen molar-refractivity contribution in [1.82, 2.24) is 0 Å². The molecule has 2 aliphatic carbocycles. The molecule has 0 bridgehead atoms. The van der Waals surface area contributed by atoms with E-state index in [2.05, 4.69) is 5.32 Å². The summed E-state index contributed by atoms with van der Waals surface area (Å²) in [6.45, 7) is 0. The summed E-state index contributed by atoms with van der Waals surface area (Å²) in [5.74, 6) is 1.47. The maximum Gasteiger partial charge on any atom is 0.337 e. The highest BCUT2D eigenvalue weighted by molar-refractivity contribution is 5.89. The highest BCUT2D eigenvalue weighted by Gasteiger charge is 2.41. The highest BCUT2D eigenvalue weighted by atomic mass is 16.5. The third kappa shape index (κ3) is 2.50. The molecule has 2 aliphatic rings. The van der Waals surface area contributed by atoms with Gasteiger partial charge < -0.3 is 10.1 Å². The quantitative estimate of drug-likeness (QED) is 0.810. The Morgan fingerprint density at radius 1 is 1.17 bits per heavy atom. The van der Waals surface area contributed by atoms with Crippen molar-refractivity contribution in [2.45, 2.75) is 31.7 Å². The number of ether oxygens (including phenoxy) is 1. The lowest BCUT2D eigenvalue weighted by molar-refractivity contribution is 0.0601. The van der Waals surface area contributed by atoms with Crippen molar-refractivity contribution in [3.05, 3.63) is 29.8 Å². The van der Waals surface area contributed by atoms with Gasteiger partial charge in [0.25, 0.3) is 0 Å². The third-order valence-electron chi connectivity index (χ3n) is 3.90. The summed E-state index contributed by atoms with van der Waals surface area (Å²) < 4.78 is 4.69. The minimum atomic E-state index is -0.275. The van der Waals surface area contributed by atoms with Crippen molar-refractivity contribution >= 4 is 11.7 Å². The van der Waals surface area contributed by atoms with E-state index in [0.717, 1.165) is 17.5 Å². The second kappa shape index (κ2) is 4.63. The molecule has 1 aromatic rings. The van der Waals surface area contributed by atoms with Gasteiger partial charge in [-0.05, 0) is 61.8 Å². The van der Waals surface area contributed by atoms with Crippen LogP contribution in [0.2, 0.25) is 0 Å². The lowest BCUT2D eigenvalue weighted by atomic mass is 10.1. The largest absolute Gasteiger partial charge is 0.465 e. The Morgan fingerprint density at radius 2 is 1.72 bits per heavy atom. The fourth-order valence-corrected chi connectivity index (χ4v) is 2.54. The van der Waals surface area contributed by atoms with E-state index in [9.17, 15) is 4.79 Å². The summed E-state index contributed by atoms with van der Waals surface area (Å²) in [6, 6.07) is 8.25. The third-order valence-corrected chi connectivity index (χ3v) is 3.90. The van der Waals surface area contributed by atoms with Gasteiger partial charge in [0, 0.05) is 11.7 Å². The SMILES string of the molecule is COC(=O)c1ccc(NC(C2CC2)C2CC2)cc1. The summed E-state index contributed by atoms with van der Waals surface area (Å²) in [4.78, 5) is 11.3. The van der Waals surface area contributed by atoms with E-state index in [-0.39, 0.29) is 5.97 Å². The predicted octanol–water partition coefficient (Wildman–Crippen LogP) is 3.07. The number of methoxy groups -OCH3 is 1. The van der Waals surface area contributed by atoms with E-state index in [1.165, 1.54) is 32.8 Å². The van der Waals surface area contributed by atoms with E-state index in [1.54, 1.807) is 0 Å². The second-order valence-corrected chi connectivity index (χ2v) is 5.41. The van der Waals surface area contributed by atoms with Crippen molar-refractivity contribution in [3.63, 3.8) is 0 Å². The molecule has 3 heteroatoms. The average molecular weight is 245 g/mol. The molecule has 96 valence electrons. The van der Waals surface area contributed by atoms with Crippen molar-refractivity contribution in [1.29, 1.82) is 0 Å². The average Bonchev–Trinajstić information content (AvgIpc) is 3.29. The molecule has 3 nitrogen and oxygen atoms in total. The Kier molecular flexibility index (Phi) is 2.98. The molecule has 0 aromatic heterocycles. The lowest BCUT2D eigenvalue weighted by Gasteiger charge is -2.19. The Hall–Kier alpha value is -1.51. The molecule has 2 fully saturated rings. The number of rotatable bonds is 5. The molecule has 3 rings (SSSR count). The first-order valence-corrected chi connectivity index (χ1v) is 6.73. The van der Waals surface area contributed by atoms with Gasteiger partial charge in [0.1, 0.15) is 0 Å². The minimum Gasteiger partial charge on any atom is -0.465 e.